The normalized spacial score (nSPS) is 15.1. The maximum atomic E-state index is 12.6. The lowest BCUT2D eigenvalue weighted by molar-refractivity contribution is -0.141. The van der Waals surface area contributed by atoms with Gasteiger partial charge in [-0.05, 0) is 69.3 Å². The van der Waals surface area contributed by atoms with Crippen LogP contribution < -0.4 is 20.9 Å². The number of nitrogens with one attached hydrogen (secondary N) is 3. The van der Waals surface area contributed by atoms with Crippen LogP contribution in [0.25, 0.3) is 10.9 Å². The number of aryl methyl sites for hydroxylation is 1. The number of hydroxylamine groups is 1. The van der Waals surface area contributed by atoms with Crippen LogP contribution in [0.1, 0.15) is 34.5 Å². The van der Waals surface area contributed by atoms with Crippen molar-refractivity contribution in [3.05, 3.63) is 71.4 Å². The molecule has 33 heavy (non-hydrogen) atoms. The summed E-state index contributed by atoms with van der Waals surface area (Å²) in [7, 11) is 0. The third kappa shape index (κ3) is 5.13. The average Bonchev–Trinajstić information content (AvgIpc) is 2.86. The lowest BCUT2D eigenvalue weighted by Crippen LogP contribution is -2.52. The Morgan fingerprint density at radius 2 is 1.85 bits per heavy atom. The first-order valence-corrected chi connectivity index (χ1v) is 11.0. The second-order valence-electron chi connectivity index (χ2n) is 8.41. The number of hydrogen-bond acceptors (Lipinski definition) is 6. The molecule has 0 spiro atoms. The minimum Gasteiger partial charge on any atom is -0.489 e. The van der Waals surface area contributed by atoms with Crippen LogP contribution in [-0.2, 0) is 11.4 Å². The number of benzene rings is 2. The van der Waals surface area contributed by atoms with E-state index in [0.717, 1.165) is 22.2 Å². The Kier molecular flexibility index (Phi) is 6.86. The third-order valence-corrected chi connectivity index (χ3v) is 6.17. The van der Waals surface area contributed by atoms with Crippen molar-refractivity contribution >= 4 is 22.7 Å². The molecule has 8 heteroatoms. The fourth-order valence-electron chi connectivity index (χ4n) is 4.24. The summed E-state index contributed by atoms with van der Waals surface area (Å²) >= 11 is 0. The molecule has 1 saturated heterocycles. The van der Waals surface area contributed by atoms with Gasteiger partial charge in [0.15, 0.2) is 0 Å². The number of fused-ring (bicyclic) bond motifs is 1. The monoisotopic (exact) mass is 448 g/mol. The lowest BCUT2D eigenvalue weighted by atomic mass is 9.78. The third-order valence-electron chi connectivity index (χ3n) is 6.17. The summed E-state index contributed by atoms with van der Waals surface area (Å²) in [6.07, 6.45) is 1.07. The van der Waals surface area contributed by atoms with Gasteiger partial charge in [-0.3, -0.25) is 19.8 Å². The van der Waals surface area contributed by atoms with Gasteiger partial charge < -0.3 is 15.4 Å². The highest BCUT2D eigenvalue weighted by molar-refractivity contribution is 5.95. The fraction of sp³-hybridized carbons (Fsp3) is 0.320. The number of carbonyl (C=O) groups excluding carboxylic acids is 2. The van der Waals surface area contributed by atoms with Crippen molar-refractivity contribution in [2.45, 2.75) is 26.4 Å². The Bertz CT molecular complexity index is 1140. The van der Waals surface area contributed by atoms with E-state index in [1.807, 2.05) is 37.3 Å². The zero-order valence-corrected chi connectivity index (χ0v) is 18.6. The Morgan fingerprint density at radius 3 is 2.58 bits per heavy atom. The van der Waals surface area contributed by atoms with E-state index in [1.165, 1.54) is 0 Å². The molecule has 3 aromatic rings. The van der Waals surface area contributed by atoms with Crippen molar-refractivity contribution in [3.8, 4) is 5.75 Å². The van der Waals surface area contributed by atoms with E-state index in [1.54, 1.807) is 29.7 Å². The predicted molar refractivity (Wildman–Crippen MR) is 124 cm³/mol. The maximum Gasteiger partial charge on any atom is 0.251 e. The van der Waals surface area contributed by atoms with Crippen molar-refractivity contribution in [1.82, 2.24) is 21.1 Å². The first-order chi connectivity index (χ1) is 16.0. The van der Waals surface area contributed by atoms with Crippen molar-refractivity contribution in [2.75, 3.05) is 19.6 Å². The summed E-state index contributed by atoms with van der Waals surface area (Å²) < 4.78 is 5.96. The van der Waals surface area contributed by atoms with Gasteiger partial charge in [0.25, 0.3) is 11.8 Å². The minimum absolute atomic E-state index is 0.159. The van der Waals surface area contributed by atoms with Gasteiger partial charge in [-0.1, -0.05) is 18.2 Å². The largest absolute Gasteiger partial charge is 0.489 e. The summed E-state index contributed by atoms with van der Waals surface area (Å²) in [5.41, 5.74) is 4.32. The fourth-order valence-corrected chi connectivity index (χ4v) is 4.24. The highest BCUT2D eigenvalue weighted by Gasteiger charge is 2.39. The van der Waals surface area contributed by atoms with E-state index in [2.05, 4.69) is 15.6 Å². The summed E-state index contributed by atoms with van der Waals surface area (Å²) in [6, 6.07) is 16.9. The molecule has 0 unspecified atom stereocenters. The molecule has 0 bridgehead atoms. The van der Waals surface area contributed by atoms with Crippen molar-refractivity contribution < 1.29 is 19.5 Å². The molecule has 4 rings (SSSR count). The van der Waals surface area contributed by atoms with Gasteiger partial charge in [0, 0.05) is 28.8 Å². The number of nitrogens with zero attached hydrogens (tertiary/aromatic N) is 1. The Morgan fingerprint density at radius 1 is 1.12 bits per heavy atom. The number of amides is 2. The maximum absolute atomic E-state index is 12.6. The number of pyridine rings is 1. The number of ether oxygens (including phenoxy) is 1. The molecule has 0 atom stereocenters. The van der Waals surface area contributed by atoms with E-state index < -0.39 is 11.3 Å². The van der Waals surface area contributed by atoms with E-state index in [0.29, 0.717) is 43.9 Å². The molecule has 1 aromatic heterocycles. The van der Waals surface area contributed by atoms with Crippen LogP contribution >= 0.6 is 0 Å². The van der Waals surface area contributed by atoms with Gasteiger partial charge >= 0.3 is 0 Å². The van der Waals surface area contributed by atoms with E-state index in [4.69, 9.17) is 9.94 Å². The molecule has 1 fully saturated rings. The molecule has 172 valence electrons. The summed E-state index contributed by atoms with van der Waals surface area (Å²) in [4.78, 5) is 29.4. The summed E-state index contributed by atoms with van der Waals surface area (Å²) in [5.74, 6) is -0.0903. The molecule has 4 N–H and O–H groups in total. The Balaban J connectivity index is 1.38. The second kappa shape index (κ2) is 9.97. The Hall–Kier alpha value is -3.49. The van der Waals surface area contributed by atoms with Gasteiger partial charge in [-0.2, -0.15) is 0 Å². The van der Waals surface area contributed by atoms with E-state index >= 15 is 0 Å². The van der Waals surface area contributed by atoms with Crippen molar-refractivity contribution in [1.29, 1.82) is 0 Å². The summed E-state index contributed by atoms with van der Waals surface area (Å²) in [6.45, 7) is 3.82. The van der Waals surface area contributed by atoms with E-state index in [-0.39, 0.29) is 12.5 Å². The first-order valence-electron chi connectivity index (χ1n) is 11.0. The number of para-hydroxylation sites is 1. The Labute approximate surface area is 192 Å². The van der Waals surface area contributed by atoms with Crippen LogP contribution in [0.4, 0.5) is 0 Å². The van der Waals surface area contributed by atoms with Crippen LogP contribution in [0.2, 0.25) is 0 Å². The topological polar surface area (TPSA) is 113 Å². The number of rotatable bonds is 7. The molecule has 1 aliphatic rings. The minimum atomic E-state index is -0.815. The van der Waals surface area contributed by atoms with Crippen molar-refractivity contribution in [3.63, 3.8) is 0 Å². The number of carbonyl (C=O) groups is 2. The molecule has 0 radical (unpaired) electrons. The van der Waals surface area contributed by atoms with Crippen molar-refractivity contribution in [2.24, 2.45) is 5.41 Å². The number of aromatic nitrogens is 1. The van der Waals surface area contributed by atoms with Crippen LogP contribution in [0.5, 0.6) is 5.75 Å². The molecular weight excluding hydrogens is 420 g/mol. The lowest BCUT2D eigenvalue weighted by Gasteiger charge is -2.35. The highest BCUT2D eigenvalue weighted by Crippen LogP contribution is 2.28. The van der Waals surface area contributed by atoms with Gasteiger partial charge in [0.1, 0.15) is 12.4 Å². The zero-order chi connectivity index (χ0) is 23.3. The number of piperidine rings is 1. The molecule has 2 heterocycles. The van der Waals surface area contributed by atoms with Gasteiger partial charge in [0.2, 0.25) is 0 Å². The van der Waals surface area contributed by atoms with Crippen LogP contribution in [0, 0.1) is 12.3 Å². The molecule has 1 aliphatic heterocycles. The molecule has 2 amide bonds. The van der Waals surface area contributed by atoms with Crippen LogP contribution in [0.15, 0.2) is 54.6 Å². The first kappa shape index (κ1) is 22.7. The predicted octanol–water partition coefficient (Wildman–Crippen LogP) is 2.73. The van der Waals surface area contributed by atoms with Crippen LogP contribution in [-0.4, -0.2) is 41.6 Å². The van der Waals surface area contributed by atoms with Gasteiger partial charge in [0.05, 0.1) is 10.9 Å². The number of hydrogen-bond donors (Lipinski definition) is 4. The molecule has 0 saturated carbocycles. The SMILES string of the molecule is Cc1cc(COc2ccc(C(=O)NCC3(C(=O)NO)CCNCC3)cc2)c2ccccc2n1. The van der Waals surface area contributed by atoms with Crippen LogP contribution in [0.3, 0.4) is 0 Å². The summed E-state index contributed by atoms with van der Waals surface area (Å²) in [5, 5.41) is 16.2. The molecule has 8 nitrogen and oxygen atoms in total. The zero-order valence-electron chi connectivity index (χ0n) is 18.6. The van der Waals surface area contributed by atoms with Gasteiger partial charge in [-0.15, -0.1) is 0 Å². The molecular formula is C25H28N4O4. The molecule has 2 aromatic carbocycles. The van der Waals surface area contributed by atoms with E-state index in [9.17, 15) is 9.59 Å². The average molecular weight is 449 g/mol. The quantitative estimate of drug-likeness (QED) is 0.327. The van der Waals surface area contributed by atoms with Gasteiger partial charge in [-0.25, -0.2) is 5.48 Å². The standard InChI is InChI=1S/C25H28N4O4/c1-17-14-19(21-4-2-3-5-22(21)28-17)15-33-20-8-6-18(7-9-20)23(30)27-16-25(24(31)29-32)10-12-26-13-11-25/h2-9,14,26,32H,10-13,15-16H2,1H3,(H,27,30)(H,29,31). The second-order valence-corrected chi connectivity index (χ2v) is 8.41. The molecule has 0 aliphatic carbocycles. The smallest absolute Gasteiger partial charge is 0.251 e. The highest BCUT2D eigenvalue weighted by atomic mass is 16.5.